The first kappa shape index (κ1) is 20.1. The van der Waals surface area contributed by atoms with Gasteiger partial charge >= 0.3 is 5.63 Å². The maximum atomic E-state index is 12.6. The van der Waals surface area contributed by atoms with Gasteiger partial charge in [-0.1, -0.05) is 18.2 Å². The van der Waals surface area contributed by atoms with Gasteiger partial charge in [0, 0.05) is 35.2 Å². The first-order valence-electron chi connectivity index (χ1n) is 10.1. The lowest BCUT2D eigenvalue weighted by molar-refractivity contribution is 0.102. The van der Waals surface area contributed by atoms with Gasteiger partial charge in [0.1, 0.15) is 34.9 Å². The number of benzene rings is 2. The molecule has 5 aromatic rings. The minimum absolute atomic E-state index is 0.0561. The number of aromatic nitrogens is 4. The molecule has 33 heavy (non-hydrogen) atoms. The highest BCUT2D eigenvalue weighted by molar-refractivity contribution is 6.05. The van der Waals surface area contributed by atoms with Crippen molar-refractivity contribution in [2.75, 3.05) is 10.6 Å². The van der Waals surface area contributed by atoms with Crippen LogP contribution in [-0.2, 0) is 0 Å². The number of hydrogen-bond donors (Lipinski definition) is 2. The van der Waals surface area contributed by atoms with E-state index in [1.807, 2.05) is 19.1 Å². The fourth-order valence-corrected chi connectivity index (χ4v) is 3.35. The van der Waals surface area contributed by atoms with Crippen LogP contribution >= 0.6 is 0 Å². The maximum Gasteiger partial charge on any atom is 0.349 e. The van der Waals surface area contributed by atoms with Gasteiger partial charge in [-0.05, 0) is 43.3 Å². The number of hydrogen-bond acceptors (Lipinski definition) is 7. The number of carbonyl (C=O) groups excluding carboxylic acids is 1. The standard InChI is InChI=1S/C24H18N6O3/c1-15-26-21(13-22(27-15)30-11-10-25-14-30)28-17-6-8-18(9-7-17)29-23(31)19-12-16-4-2-3-5-20(16)33-24(19)32/h2-14H,1H3,(H,29,31)(H,26,27,28). The number of nitrogens with one attached hydrogen (secondary N) is 2. The third kappa shape index (κ3) is 4.33. The third-order valence-electron chi connectivity index (χ3n) is 4.89. The third-order valence-corrected chi connectivity index (χ3v) is 4.89. The summed E-state index contributed by atoms with van der Waals surface area (Å²) in [5, 5.41) is 6.63. The topological polar surface area (TPSA) is 115 Å². The van der Waals surface area contributed by atoms with Gasteiger partial charge in [0.05, 0.1) is 0 Å². The van der Waals surface area contributed by atoms with Crippen LogP contribution in [0.2, 0.25) is 0 Å². The van der Waals surface area contributed by atoms with Crippen LogP contribution in [0.3, 0.4) is 0 Å². The fourth-order valence-electron chi connectivity index (χ4n) is 3.35. The summed E-state index contributed by atoms with van der Waals surface area (Å²) < 4.78 is 7.03. The van der Waals surface area contributed by atoms with Crippen LogP contribution in [0.1, 0.15) is 16.2 Å². The Morgan fingerprint density at radius 3 is 2.58 bits per heavy atom. The van der Waals surface area contributed by atoms with Gasteiger partial charge in [0.15, 0.2) is 0 Å². The van der Waals surface area contributed by atoms with E-state index < -0.39 is 11.5 Å². The van der Waals surface area contributed by atoms with E-state index in [9.17, 15) is 9.59 Å². The molecule has 0 radical (unpaired) electrons. The Labute approximate surface area is 187 Å². The Balaban J connectivity index is 1.32. The minimum Gasteiger partial charge on any atom is -0.422 e. The van der Waals surface area contributed by atoms with Crippen LogP contribution in [0.15, 0.2) is 88.6 Å². The predicted octanol–water partition coefficient (Wildman–Crippen LogP) is 4.07. The number of imidazole rings is 1. The smallest absolute Gasteiger partial charge is 0.349 e. The highest BCUT2D eigenvalue weighted by atomic mass is 16.4. The first-order chi connectivity index (χ1) is 16.0. The number of carbonyl (C=O) groups is 1. The van der Waals surface area contributed by atoms with E-state index in [4.69, 9.17) is 4.42 Å². The highest BCUT2D eigenvalue weighted by Gasteiger charge is 2.14. The van der Waals surface area contributed by atoms with Crippen LogP contribution in [-0.4, -0.2) is 25.4 Å². The van der Waals surface area contributed by atoms with Crippen LogP contribution < -0.4 is 16.3 Å². The number of rotatable bonds is 5. The number of aryl methyl sites for hydroxylation is 1. The summed E-state index contributed by atoms with van der Waals surface area (Å²) in [5.74, 6) is 1.39. The SMILES string of the molecule is Cc1nc(Nc2ccc(NC(=O)c3cc4ccccc4oc3=O)cc2)cc(-n2ccnc2)n1. The van der Waals surface area contributed by atoms with Gasteiger partial charge in [-0.25, -0.2) is 19.7 Å². The van der Waals surface area contributed by atoms with Crippen molar-refractivity contribution in [3.8, 4) is 5.82 Å². The van der Waals surface area contributed by atoms with E-state index in [1.165, 1.54) is 6.07 Å². The monoisotopic (exact) mass is 438 g/mol. The second-order valence-corrected chi connectivity index (χ2v) is 7.27. The summed E-state index contributed by atoms with van der Waals surface area (Å²) in [6, 6.07) is 17.4. The van der Waals surface area contributed by atoms with Crippen LogP contribution in [0.4, 0.5) is 17.2 Å². The summed E-state index contributed by atoms with van der Waals surface area (Å²) >= 11 is 0. The van der Waals surface area contributed by atoms with Gasteiger partial charge in [0.2, 0.25) is 0 Å². The second kappa shape index (κ2) is 8.39. The molecular weight excluding hydrogens is 420 g/mol. The number of anilines is 3. The lowest BCUT2D eigenvalue weighted by Crippen LogP contribution is -2.20. The van der Waals surface area contributed by atoms with E-state index in [2.05, 4.69) is 25.6 Å². The molecule has 0 atom stereocenters. The summed E-state index contributed by atoms with van der Waals surface area (Å²) in [4.78, 5) is 37.7. The average molecular weight is 438 g/mol. The molecule has 2 aromatic carbocycles. The van der Waals surface area contributed by atoms with Gasteiger partial charge in [-0.15, -0.1) is 0 Å². The fraction of sp³-hybridized carbons (Fsp3) is 0.0417. The van der Waals surface area contributed by atoms with Crippen molar-refractivity contribution in [1.82, 2.24) is 19.5 Å². The first-order valence-corrected chi connectivity index (χ1v) is 10.1. The average Bonchev–Trinajstić information content (AvgIpc) is 3.35. The molecule has 5 rings (SSSR count). The zero-order valence-corrected chi connectivity index (χ0v) is 17.5. The van der Waals surface area contributed by atoms with Crippen molar-refractivity contribution in [1.29, 1.82) is 0 Å². The van der Waals surface area contributed by atoms with Gasteiger partial charge < -0.3 is 15.1 Å². The highest BCUT2D eigenvalue weighted by Crippen LogP contribution is 2.20. The van der Waals surface area contributed by atoms with E-state index in [0.29, 0.717) is 34.1 Å². The van der Waals surface area contributed by atoms with Crippen LogP contribution in [0.25, 0.3) is 16.8 Å². The Morgan fingerprint density at radius 1 is 1.00 bits per heavy atom. The molecule has 9 heteroatoms. The normalized spacial score (nSPS) is 10.8. The Bertz CT molecular complexity index is 1510. The van der Waals surface area contributed by atoms with Crippen molar-refractivity contribution >= 4 is 34.1 Å². The molecule has 0 fully saturated rings. The van der Waals surface area contributed by atoms with Crippen LogP contribution in [0, 0.1) is 6.92 Å². The zero-order valence-electron chi connectivity index (χ0n) is 17.5. The quantitative estimate of drug-likeness (QED) is 0.397. The minimum atomic E-state index is -0.683. The van der Waals surface area contributed by atoms with Gasteiger partial charge in [-0.2, -0.15) is 0 Å². The molecule has 0 saturated carbocycles. The van der Waals surface area contributed by atoms with Crippen LogP contribution in [0.5, 0.6) is 0 Å². The van der Waals surface area contributed by atoms with Gasteiger partial charge in [-0.3, -0.25) is 9.36 Å². The zero-order chi connectivity index (χ0) is 22.8. The lowest BCUT2D eigenvalue weighted by Gasteiger charge is -2.10. The summed E-state index contributed by atoms with van der Waals surface area (Å²) in [6.07, 6.45) is 5.15. The summed E-state index contributed by atoms with van der Waals surface area (Å²) in [5.41, 5.74) is 1.01. The molecule has 9 nitrogen and oxygen atoms in total. The molecule has 0 unspecified atom stereocenters. The van der Waals surface area contributed by atoms with E-state index in [1.54, 1.807) is 65.8 Å². The molecule has 3 heterocycles. The Hall–Kier alpha value is -4.79. The molecule has 162 valence electrons. The van der Waals surface area contributed by atoms with Crippen molar-refractivity contribution in [2.24, 2.45) is 0 Å². The molecule has 0 aliphatic rings. The molecule has 1 amide bonds. The van der Waals surface area contributed by atoms with Gasteiger partial charge in [0.25, 0.3) is 5.91 Å². The Morgan fingerprint density at radius 2 is 1.79 bits per heavy atom. The summed E-state index contributed by atoms with van der Waals surface area (Å²) in [6.45, 7) is 1.81. The lowest BCUT2D eigenvalue weighted by atomic mass is 10.1. The second-order valence-electron chi connectivity index (χ2n) is 7.27. The number of fused-ring (bicyclic) bond motifs is 1. The van der Waals surface area contributed by atoms with E-state index >= 15 is 0 Å². The number of para-hydroxylation sites is 1. The van der Waals surface area contributed by atoms with E-state index in [0.717, 1.165) is 5.69 Å². The number of amides is 1. The molecule has 0 saturated heterocycles. The van der Waals surface area contributed by atoms with Crippen molar-refractivity contribution in [3.05, 3.63) is 101 Å². The molecule has 0 aliphatic carbocycles. The molecule has 2 N–H and O–H groups in total. The van der Waals surface area contributed by atoms with Crippen molar-refractivity contribution in [2.45, 2.75) is 6.92 Å². The molecule has 0 aliphatic heterocycles. The Kier molecular flexibility index (Phi) is 5.12. The van der Waals surface area contributed by atoms with E-state index in [-0.39, 0.29) is 5.56 Å². The molecule has 3 aromatic heterocycles. The van der Waals surface area contributed by atoms with Crippen molar-refractivity contribution in [3.63, 3.8) is 0 Å². The van der Waals surface area contributed by atoms with Crippen molar-refractivity contribution < 1.29 is 9.21 Å². The molecule has 0 bridgehead atoms. The molecule has 0 spiro atoms. The maximum absolute atomic E-state index is 12.6. The molecular formula is C24H18N6O3. The predicted molar refractivity (Wildman–Crippen MR) is 124 cm³/mol. The summed E-state index contributed by atoms with van der Waals surface area (Å²) in [7, 11) is 0. The number of nitrogens with zero attached hydrogens (tertiary/aromatic N) is 4. The largest absolute Gasteiger partial charge is 0.422 e.